The Balaban J connectivity index is 2.90. The van der Waals surface area contributed by atoms with Crippen molar-refractivity contribution in [3.63, 3.8) is 0 Å². The SMILES string of the molecule is COc1ccc(OC)c(-c2c(C)cc(C)cc2OC)c1C=O. The van der Waals surface area contributed by atoms with Gasteiger partial charge in [-0.1, -0.05) is 6.07 Å². The van der Waals surface area contributed by atoms with E-state index in [1.165, 1.54) is 7.11 Å². The number of benzene rings is 2. The van der Waals surface area contributed by atoms with Gasteiger partial charge in [-0.25, -0.2) is 0 Å². The highest BCUT2D eigenvalue weighted by Crippen LogP contribution is 2.43. The van der Waals surface area contributed by atoms with Gasteiger partial charge in [-0.15, -0.1) is 0 Å². The fourth-order valence-electron chi connectivity index (χ4n) is 2.71. The summed E-state index contributed by atoms with van der Waals surface area (Å²) in [6, 6.07) is 7.50. The zero-order chi connectivity index (χ0) is 16.3. The van der Waals surface area contributed by atoms with Crippen molar-refractivity contribution >= 4 is 6.29 Å². The average molecular weight is 300 g/mol. The Morgan fingerprint density at radius 3 is 1.95 bits per heavy atom. The Morgan fingerprint density at radius 1 is 0.818 bits per heavy atom. The molecule has 0 bridgehead atoms. The fourth-order valence-corrected chi connectivity index (χ4v) is 2.71. The first-order chi connectivity index (χ1) is 10.6. The van der Waals surface area contributed by atoms with Gasteiger partial charge in [0.2, 0.25) is 0 Å². The number of rotatable bonds is 5. The molecule has 4 heteroatoms. The second kappa shape index (κ2) is 6.52. The molecular formula is C18H20O4. The molecule has 0 radical (unpaired) electrons. The van der Waals surface area contributed by atoms with E-state index < -0.39 is 0 Å². The highest BCUT2D eigenvalue weighted by atomic mass is 16.5. The lowest BCUT2D eigenvalue weighted by Gasteiger charge is -2.19. The Kier molecular flexibility index (Phi) is 4.71. The molecule has 4 nitrogen and oxygen atoms in total. The Hall–Kier alpha value is -2.49. The second-order valence-corrected chi connectivity index (χ2v) is 5.04. The van der Waals surface area contributed by atoms with Crippen molar-refractivity contribution in [3.05, 3.63) is 41.0 Å². The number of hydrogen-bond acceptors (Lipinski definition) is 4. The summed E-state index contributed by atoms with van der Waals surface area (Å²) >= 11 is 0. The monoisotopic (exact) mass is 300 g/mol. The van der Waals surface area contributed by atoms with Gasteiger partial charge in [-0.05, 0) is 43.2 Å². The minimum absolute atomic E-state index is 0.451. The third-order valence-corrected chi connectivity index (χ3v) is 3.64. The van der Waals surface area contributed by atoms with Crippen LogP contribution in [0, 0.1) is 13.8 Å². The van der Waals surface area contributed by atoms with Gasteiger partial charge < -0.3 is 14.2 Å². The molecule has 0 fully saturated rings. The van der Waals surface area contributed by atoms with E-state index >= 15 is 0 Å². The number of carbonyl (C=O) groups is 1. The molecule has 0 amide bonds. The largest absolute Gasteiger partial charge is 0.496 e. The Morgan fingerprint density at radius 2 is 1.41 bits per heavy atom. The van der Waals surface area contributed by atoms with Gasteiger partial charge in [0.05, 0.1) is 26.9 Å². The molecule has 0 heterocycles. The minimum atomic E-state index is 0.451. The summed E-state index contributed by atoms with van der Waals surface area (Å²) in [4.78, 5) is 11.7. The first-order valence-corrected chi connectivity index (χ1v) is 6.93. The predicted molar refractivity (Wildman–Crippen MR) is 86.4 cm³/mol. The van der Waals surface area contributed by atoms with E-state index in [2.05, 4.69) is 0 Å². The predicted octanol–water partition coefficient (Wildman–Crippen LogP) is 3.81. The number of aldehydes is 1. The van der Waals surface area contributed by atoms with Crippen LogP contribution in [0.25, 0.3) is 11.1 Å². The Bertz CT molecular complexity index is 705. The first kappa shape index (κ1) is 15.9. The van der Waals surface area contributed by atoms with E-state index in [9.17, 15) is 4.79 Å². The van der Waals surface area contributed by atoms with E-state index in [-0.39, 0.29) is 0 Å². The van der Waals surface area contributed by atoms with Crippen LogP contribution in [-0.2, 0) is 0 Å². The van der Waals surface area contributed by atoms with Gasteiger partial charge in [0.1, 0.15) is 17.2 Å². The van der Waals surface area contributed by atoms with Crippen molar-refractivity contribution in [2.24, 2.45) is 0 Å². The summed E-state index contributed by atoms with van der Waals surface area (Å²) in [7, 11) is 4.73. The zero-order valence-electron chi connectivity index (χ0n) is 13.5. The van der Waals surface area contributed by atoms with Gasteiger partial charge in [-0.2, -0.15) is 0 Å². The minimum Gasteiger partial charge on any atom is -0.496 e. The van der Waals surface area contributed by atoms with Gasteiger partial charge >= 0.3 is 0 Å². The summed E-state index contributed by atoms with van der Waals surface area (Å²) in [6.45, 7) is 3.99. The van der Waals surface area contributed by atoms with Crippen LogP contribution in [0.5, 0.6) is 17.2 Å². The zero-order valence-corrected chi connectivity index (χ0v) is 13.5. The van der Waals surface area contributed by atoms with Gasteiger partial charge in [0.15, 0.2) is 6.29 Å². The summed E-state index contributed by atoms with van der Waals surface area (Å²) in [5, 5.41) is 0. The van der Waals surface area contributed by atoms with Crippen LogP contribution in [-0.4, -0.2) is 27.6 Å². The molecule has 0 aliphatic rings. The maximum absolute atomic E-state index is 11.7. The maximum atomic E-state index is 11.7. The summed E-state index contributed by atoms with van der Waals surface area (Å²) in [6.07, 6.45) is 0.787. The number of carbonyl (C=O) groups excluding carboxylic acids is 1. The number of ether oxygens (including phenoxy) is 3. The Labute approximate surface area is 130 Å². The summed E-state index contributed by atoms with van der Waals surface area (Å²) < 4.78 is 16.3. The first-order valence-electron chi connectivity index (χ1n) is 6.93. The van der Waals surface area contributed by atoms with Crippen molar-refractivity contribution in [1.82, 2.24) is 0 Å². The average Bonchev–Trinajstić information content (AvgIpc) is 2.52. The van der Waals surface area contributed by atoms with E-state index in [1.54, 1.807) is 26.4 Å². The van der Waals surface area contributed by atoms with Crippen molar-refractivity contribution in [1.29, 1.82) is 0 Å². The second-order valence-electron chi connectivity index (χ2n) is 5.04. The normalized spacial score (nSPS) is 10.2. The van der Waals surface area contributed by atoms with Crippen LogP contribution in [0.4, 0.5) is 0 Å². The molecule has 2 aromatic carbocycles. The van der Waals surface area contributed by atoms with Crippen LogP contribution in [0.1, 0.15) is 21.5 Å². The molecule has 0 aliphatic heterocycles. The molecule has 0 saturated carbocycles. The molecule has 0 N–H and O–H groups in total. The number of methoxy groups -OCH3 is 3. The lowest BCUT2D eigenvalue weighted by molar-refractivity contribution is 0.112. The lowest BCUT2D eigenvalue weighted by atomic mass is 9.92. The number of aryl methyl sites for hydroxylation is 2. The molecule has 0 unspecified atom stereocenters. The molecule has 116 valence electrons. The highest BCUT2D eigenvalue weighted by molar-refractivity contribution is 5.96. The molecule has 2 rings (SSSR count). The molecule has 2 aromatic rings. The molecular weight excluding hydrogens is 280 g/mol. The third-order valence-electron chi connectivity index (χ3n) is 3.64. The molecule has 0 aromatic heterocycles. The standard InChI is InChI=1S/C18H20O4/c1-11-8-12(2)17(16(9-11)22-5)18-13(10-19)14(20-3)6-7-15(18)21-4/h6-10H,1-5H3. The fraction of sp³-hybridized carbons (Fsp3) is 0.278. The topological polar surface area (TPSA) is 44.8 Å². The van der Waals surface area contributed by atoms with Gasteiger partial charge in [0, 0.05) is 11.1 Å². The van der Waals surface area contributed by atoms with Crippen molar-refractivity contribution in [2.45, 2.75) is 13.8 Å². The smallest absolute Gasteiger partial charge is 0.154 e. The van der Waals surface area contributed by atoms with Crippen LogP contribution in [0.2, 0.25) is 0 Å². The van der Waals surface area contributed by atoms with Crippen LogP contribution in [0.15, 0.2) is 24.3 Å². The van der Waals surface area contributed by atoms with Crippen molar-refractivity contribution in [2.75, 3.05) is 21.3 Å². The van der Waals surface area contributed by atoms with E-state index in [1.807, 2.05) is 26.0 Å². The maximum Gasteiger partial charge on any atom is 0.154 e. The van der Waals surface area contributed by atoms with E-state index in [0.717, 1.165) is 23.0 Å². The molecule has 0 spiro atoms. The van der Waals surface area contributed by atoms with Gasteiger partial charge in [-0.3, -0.25) is 4.79 Å². The van der Waals surface area contributed by atoms with Crippen molar-refractivity contribution < 1.29 is 19.0 Å². The van der Waals surface area contributed by atoms with E-state index in [0.29, 0.717) is 28.4 Å². The van der Waals surface area contributed by atoms with Crippen LogP contribution >= 0.6 is 0 Å². The summed E-state index contributed by atoms with van der Waals surface area (Å²) in [5.41, 5.74) is 4.07. The van der Waals surface area contributed by atoms with Crippen LogP contribution in [0.3, 0.4) is 0 Å². The molecule has 22 heavy (non-hydrogen) atoms. The van der Waals surface area contributed by atoms with Crippen LogP contribution < -0.4 is 14.2 Å². The van der Waals surface area contributed by atoms with Crippen molar-refractivity contribution in [3.8, 4) is 28.4 Å². The lowest BCUT2D eigenvalue weighted by Crippen LogP contribution is -2.01. The molecule has 0 atom stereocenters. The molecule has 0 saturated heterocycles. The molecule has 0 aliphatic carbocycles. The quantitative estimate of drug-likeness (QED) is 0.788. The summed E-state index contributed by atoms with van der Waals surface area (Å²) in [5.74, 6) is 1.81. The highest BCUT2D eigenvalue weighted by Gasteiger charge is 2.21. The third kappa shape index (κ3) is 2.64. The number of hydrogen-bond donors (Lipinski definition) is 0. The van der Waals surface area contributed by atoms with E-state index in [4.69, 9.17) is 14.2 Å². The van der Waals surface area contributed by atoms with Gasteiger partial charge in [0.25, 0.3) is 0 Å².